The number of para-hydroxylation sites is 2. The van der Waals surface area contributed by atoms with Gasteiger partial charge < -0.3 is 0 Å². The number of aromatic nitrogens is 4. The largest absolute Gasteiger partial charge is 0.295 e. The lowest BCUT2D eigenvalue weighted by atomic mass is 9.34. The van der Waals surface area contributed by atoms with Gasteiger partial charge in [-0.25, -0.2) is 0 Å². The zero-order chi connectivity index (χ0) is 36.4. The summed E-state index contributed by atoms with van der Waals surface area (Å²) in [6.07, 6.45) is 0. The van der Waals surface area contributed by atoms with Crippen LogP contribution in [0.4, 0.5) is 0 Å². The van der Waals surface area contributed by atoms with E-state index in [2.05, 4.69) is 185 Å². The normalized spacial score (nSPS) is 13.1. The van der Waals surface area contributed by atoms with Gasteiger partial charge >= 0.3 is 0 Å². The highest BCUT2D eigenvalue weighted by atomic mass is 15.2. The lowest BCUT2D eigenvalue weighted by Crippen LogP contribution is -2.59. The number of hydrogen-bond donors (Lipinski definition) is 0. The molecular weight excluding hydrogens is 667 g/mol. The van der Waals surface area contributed by atoms with E-state index in [0.29, 0.717) is 0 Å². The van der Waals surface area contributed by atoms with Crippen molar-refractivity contribution in [1.29, 1.82) is 0 Å². The Kier molecular flexibility index (Phi) is 5.44. The van der Waals surface area contributed by atoms with E-state index in [0.717, 1.165) is 0 Å². The highest BCUT2D eigenvalue weighted by Crippen LogP contribution is 2.39. The standard InChI is InChI=1S/C50H35BN4/c1-28-18-29(2)21-34(20-28)32-14-16-40-36(24-32)26-46-52(40)44-12-5-8-38-49(44)54(46)42-10-7-11-43-48(42)51(38)39-9-6-13-45-50(39)55(43)47-27-37-25-33(15-17-41(37)53(45)47)35-22-30(3)19-31(4)23-35/h5-27H,1-4H3. The van der Waals surface area contributed by atoms with Crippen molar-refractivity contribution < 1.29 is 0 Å². The minimum absolute atomic E-state index is 0.127. The van der Waals surface area contributed by atoms with Crippen molar-refractivity contribution in [3.05, 3.63) is 162 Å². The minimum Gasteiger partial charge on any atom is -0.295 e. The Hall–Kier alpha value is -6.72. The zero-order valence-corrected chi connectivity index (χ0v) is 31.1. The SMILES string of the molecule is Cc1cc(C)cc(-c2ccc3c(c2)cc2n4c5c(cccc5n32)B2c3c-4cccc3-n3c4c2cccc4n2c4ccc(-c5cc(C)cc(C)c5)cc4cc32)c1. The predicted octanol–water partition coefficient (Wildman–Crippen LogP) is 10.1. The maximum absolute atomic E-state index is 2.55. The van der Waals surface area contributed by atoms with E-state index < -0.39 is 0 Å². The van der Waals surface area contributed by atoms with Crippen LogP contribution in [0.15, 0.2) is 140 Å². The molecule has 0 bridgehead atoms. The van der Waals surface area contributed by atoms with Gasteiger partial charge in [-0.15, -0.1) is 0 Å². The average Bonchev–Trinajstić information content (AvgIpc) is 3.91. The van der Waals surface area contributed by atoms with E-state index in [9.17, 15) is 0 Å². The summed E-state index contributed by atoms with van der Waals surface area (Å²) in [4.78, 5) is 0. The molecule has 0 amide bonds. The summed E-state index contributed by atoms with van der Waals surface area (Å²) in [6, 6.07) is 53.3. The topological polar surface area (TPSA) is 18.7 Å². The van der Waals surface area contributed by atoms with Gasteiger partial charge in [-0.3, -0.25) is 17.9 Å². The quantitative estimate of drug-likeness (QED) is 0.160. The number of imidazole rings is 2. The smallest absolute Gasteiger partial charge is 0.252 e. The Morgan fingerprint density at radius 3 is 1.27 bits per heavy atom. The van der Waals surface area contributed by atoms with Gasteiger partial charge in [0.05, 0.1) is 33.1 Å². The monoisotopic (exact) mass is 702 g/mol. The van der Waals surface area contributed by atoms with Gasteiger partial charge in [-0.2, -0.15) is 0 Å². The van der Waals surface area contributed by atoms with Crippen LogP contribution >= 0.6 is 0 Å². The summed E-state index contributed by atoms with van der Waals surface area (Å²) in [7, 11) is 0. The van der Waals surface area contributed by atoms with E-state index >= 15 is 0 Å². The first-order valence-electron chi connectivity index (χ1n) is 19.4. The van der Waals surface area contributed by atoms with Crippen molar-refractivity contribution in [2.45, 2.75) is 27.7 Å². The summed E-state index contributed by atoms with van der Waals surface area (Å²) < 4.78 is 10.1. The third-order valence-corrected chi connectivity index (χ3v) is 12.6. The molecule has 0 saturated heterocycles. The molecule has 0 spiro atoms. The summed E-state index contributed by atoms with van der Waals surface area (Å²) in [5.41, 5.74) is 26.9. The van der Waals surface area contributed by atoms with Crippen LogP contribution in [-0.4, -0.2) is 24.6 Å². The summed E-state index contributed by atoms with van der Waals surface area (Å²) in [5.74, 6) is 0. The third-order valence-electron chi connectivity index (χ3n) is 12.6. The molecule has 6 heterocycles. The Balaban J connectivity index is 1.08. The van der Waals surface area contributed by atoms with Crippen molar-refractivity contribution in [2.75, 3.05) is 0 Å². The van der Waals surface area contributed by atoms with Crippen LogP contribution in [-0.2, 0) is 0 Å². The lowest BCUT2D eigenvalue weighted by molar-refractivity contribution is 1.12. The lowest BCUT2D eigenvalue weighted by Gasteiger charge is -2.32. The fourth-order valence-electron chi connectivity index (χ4n) is 10.7. The molecule has 2 aliphatic heterocycles. The van der Waals surface area contributed by atoms with Gasteiger partial charge in [0.15, 0.2) is 0 Å². The van der Waals surface area contributed by atoms with Crippen LogP contribution in [0, 0.1) is 27.7 Å². The van der Waals surface area contributed by atoms with Crippen molar-refractivity contribution in [3.8, 4) is 33.6 Å². The molecule has 2 aliphatic rings. The second kappa shape index (κ2) is 10.1. The number of aryl methyl sites for hydroxylation is 4. The molecular formula is C50H35BN4. The second-order valence-corrected chi connectivity index (χ2v) is 16.2. The number of hydrogen-bond acceptors (Lipinski definition) is 0. The molecule has 55 heavy (non-hydrogen) atoms. The Bertz CT molecular complexity index is 3280. The molecule has 0 aliphatic carbocycles. The second-order valence-electron chi connectivity index (χ2n) is 16.2. The van der Waals surface area contributed by atoms with Gasteiger partial charge in [-0.1, -0.05) is 101 Å². The van der Waals surface area contributed by atoms with Crippen LogP contribution < -0.4 is 16.4 Å². The molecule has 0 fully saturated rings. The predicted molar refractivity (Wildman–Crippen MR) is 232 cm³/mol. The molecule has 7 aromatic carbocycles. The molecule has 0 atom stereocenters. The molecule has 4 nitrogen and oxygen atoms in total. The van der Waals surface area contributed by atoms with E-state index in [1.165, 1.54) is 127 Å². The van der Waals surface area contributed by atoms with E-state index in [1.54, 1.807) is 0 Å². The zero-order valence-electron chi connectivity index (χ0n) is 31.1. The molecule has 11 aromatic rings. The first-order valence-corrected chi connectivity index (χ1v) is 19.4. The van der Waals surface area contributed by atoms with Crippen LogP contribution in [0.5, 0.6) is 0 Å². The molecule has 5 heteroatoms. The van der Waals surface area contributed by atoms with Crippen molar-refractivity contribution >= 4 is 78.3 Å². The molecule has 0 saturated carbocycles. The van der Waals surface area contributed by atoms with Crippen LogP contribution in [0.25, 0.3) is 88.8 Å². The number of benzene rings is 7. The maximum Gasteiger partial charge on any atom is 0.252 e. The molecule has 4 aromatic heterocycles. The van der Waals surface area contributed by atoms with Crippen LogP contribution in [0.1, 0.15) is 22.3 Å². The van der Waals surface area contributed by atoms with Crippen molar-refractivity contribution in [2.24, 2.45) is 0 Å². The highest BCUT2D eigenvalue weighted by molar-refractivity contribution is 7.00. The molecule has 258 valence electrons. The highest BCUT2D eigenvalue weighted by Gasteiger charge is 2.41. The summed E-state index contributed by atoms with van der Waals surface area (Å²) in [6.45, 7) is 8.87. The van der Waals surface area contributed by atoms with Gasteiger partial charge in [0.2, 0.25) is 0 Å². The van der Waals surface area contributed by atoms with Crippen molar-refractivity contribution in [3.63, 3.8) is 0 Å². The first kappa shape index (κ1) is 29.7. The average molecular weight is 703 g/mol. The number of rotatable bonds is 2. The number of fused-ring (bicyclic) bond motifs is 14. The van der Waals surface area contributed by atoms with Gasteiger partial charge in [0.1, 0.15) is 11.3 Å². The fourth-order valence-corrected chi connectivity index (χ4v) is 10.7. The van der Waals surface area contributed by atoms with E-state index in [1.807, 2.05) is 0 Å². The number of nitrogens with zero attached hydrogens (tertiary/aromatic N) is 4. The Morgan fingerprint density at radius 1 is 0.382 bits per heavy atom. The van der Waals surface area contributed by atoms with Gasteiger partial charge in [-0.05, 0) is 127 Å². The first-order chi connectivity index (χ1) is 26.9. The fraction of sp³-hybridized carbons (Fsp3) is 0.0800. The molecule has 0 radical (unpaired) electrons. The van der Waals surface area contributed by atoms with Crippen LogP contribution in [0.2, 0.25) is 0 Å². The Morgan fingerprint density at radius 2 is 0.818 bits per heavy atom. The molecule has 0 N–H and O–H groups in total. The van der Waals surface area contributed by atoms with Crippen LogP contribution in [0.3, 0.4) is 0 Å². The molecule has 0 unspecified atom stereocenters. The van der Waals surface area contributed by atoms with E-state index in [-0.39, 0.29) is 6.71 Å². The molecule has 13 rings (SSSR count). The summed E-state index contributed by atoms with van der Waals surface area (Å²) >= 11 is 0. The van der Waals surface area contributed by atoms with Gasteiger partial charge in [0.25, 0.3) is 6.71 Å². The Labute approximate surface area is 318 Å². The summed E-state index contributed by atoms with van der Waals surface area (Å²) in [5, 5.41) is 2.52. The minimum atomic E-state index is 0.127. The van der Waals surface area contributed by atoms with Crippen molar-refractivity contribution in [1.82, 2.24) is 17.9 Å². The van der Waals surface area contributed by atoms with E-state index in [4.69, 9.17) is 0 Å². The third kappa shape index (κ3) is 3.73. The maximum atomic E-state index is 2.55. The van der Waals surface area contributed by atoms with Gasteiger partial charge in [0, 0.05) is 22.1 Å².